The van der Waals surface area contributed by atoms with Gasteiger partial charge in [0.05, 0.1) is 40.5 Å². The van der Waals surface area contributed by atoms with Crippen LogP contribution in [0, 0.1) is 11.6 Å². The van der Waals surface area contributed by atoms with Gasteiger partial charge in [-0.1, -0.05) is 6.07 Å². The number of pyridine rings is 1. The van der Waals surface area contributed by atoms with Crippen molar-refractivity contribution in [2.45, 2.75) is 31.8 Å². The molecule has 32 heavy (non-hydrogen) atoms. The molecule has 1 saturated heterocycles. The molecular weight excluding hydrogens is 412 g/mol. The number of imidazole rings is 1. The zero-order chi connectivity index (χ0) is 22.2. The Hall–Kier alpha value is -3.59. The molecule has 0 unspecified atom stereocenters. The molecule has 0 bridgehead atoms. The second-order valence-corrected chi connectivity index (χ2v) is 7.99. The molecule has 164 valence electrons. The maximum atomic E-state index is 14.3. The van der Waals surface area contributed by atoms with E-state index in [4.69, 9.17) is 5.73 Å². The third kappa shape index (κ3) is 3.54. The Kier molecular flexibility index (Phi) is 5.18. The van der Waals surface area contributed by atoms with Gasteiger partial charge in [0.15, 0.2) is 0 Å². The molecule has 4 aromatic rings. The third-order valence-electron chi connectivity index (χ3n) is 6.00. The quantitative estimate of drug-likeness (QED) is 0.502. The van der Waals surface area contributed by atoms with E-state index in [1.165, 1.54) is 22.7 Å². The summed E-state index contributed by atoms with van der Waals surface area (Å²) in [6.45, 7) is 3.01. The Labute approximate surface area is 183 Å². The van der Waals surface area contributed by atoms with Gasteiger partial charge in [-0.3, -0.25) is 4.98 Å². The first-order valence-corrected chi connectivity index (χ1v) is 10.6. The topological polar surface area (TPSA) is 84.4 Å². The molecule has 0 saturated carbocycles. The minimum atomic E-state index is -0.670. The summed E-state index contributed by atoms with van der Waals surface area (Å²) in [7, 11) is 0. The van der Waals surface area contributed by atoms with Crippen LogP contribution in [0.4, 0.5) is 26.1 Å². The van der Waals surface area contributed by atoms with Gasteiger partial charge in [-0.05, 0) is 50.1 Å². The molecule has 7 nitrogen and oxygen atoms in total. The summed E-state index contributed by atoms with van der Waals surface area (Å²) in [5.74, 6) is -0.922. The number of nitrogens with two attached hydrogens (primary N) is 1. The van der Waals surface area contributed by atoms with Crippen molar-refractivity contribution < 1.29 is 8.78 Å². The van der Waals surface area contributed by atoms with Gasteiger partial charge in [0, 0.05) is 24.8 Å². The van der Waals surface area contributed by atoms with Gasteiger partial charge in [-0.15, -0.1) is 0 Å². The van der Waals surface area contributed by atoms with E-state index in [9.17, 15) is 8.78 Å². The van der Waals surface area contributed by atoms with Crippen LogP contribution in [0.2, 0.25) is 0 Å². The lowest BCUT2D eigenvalue weighted by molar-refractivity contribution is 0.421. The number of halogens is 2. The van der Waals surface area contributed by atoms with Gasteiger partial charge < -0.3 is 16.0 Å². The zero-order valence-corrected chi connectivity index (χ0v) is 17.5. The van der Waals surface area contributed by atoms with Crippen LogP contribution in [0.15, 0.2) is 55.0 Å². The third-order valence-corrected chi connectivity index (χ3v) is 6.00. The maximum absolute atomic E-state index is 14.3. The smallest absolute Gasteiger partial charge is 0.229 e. The van der Waals surface area contributed by atoms with E-state index in [0.717, 1.165) is 30.8 Å². The summed E-state index contributed by atoms with van der Waals surface area (Å²) in [4.78, 5) is 10.9. The van der Waals surface area contributed by atoms with E-state index in [1.54, 1.807) is 30.7 Å². The second-order valence-electron chi connectivity index (χ2n) is 7.99. The van der Waals surface area contributed by atoms with Crippen LogP contribution in [0.25, 0.3) is 16.8 Å². The summed E-state index contributed by atoms with van der Waals surface area (Å²) in [5.41, 5.74) is 8.71. The fourth-order valence-corrected chi connectivity index (χ4v) is 4.21. The Morgan fingerprint density at radius 1 is 1.09 bits per heavy atom. The Morgan fingerprint density at radius 3 is 2.72 bits per heavy atom. The number of benzene rings is 1. The van der Waals surface area contributed by atoms with Crippen molar-refractivity contribution in [3.8, 4) is 11.3 Å². The summed E-state index contributed by atoms with van der Waals surface area (Å²) in [6.07, 6.45) is 7.12. The maximum Gasteiger partial charge on any atom is 0.229 e. The number of hydrogen-bond acceptors (Lipinski definition) is 6. The van der Waals surface area contributed by atoms with Crippen molar-refractivity contribution in [1.29, 1.82) is 0 Å². The molecule has 1 aliphatic rings. The van der Waals surface area contributed by atoms with Crippen molar-refractivity contribution in [3.63, 3.8) is 0 Å². The number of rotatable bonds is 4. The van der Waals surface area contributed by atoms with Crippen LogP contribution in [0.1, 0.15) is 19.8 Å². The van der Waals surface area contributed by atoms with Gasteiger partial charge in [-0.25, -0.2) is 13.8 Å². The van der Waals surface area contributed by atoms with E-state index in [2.05, 4.69) is 32.2 Å². The molecular formula is C23H23F2N7. The monoisotopic (exact) mass is 435 g/mol. The van der Waals surface area contributed by atoms with Crippen molar-refractivity contribution in [2.75, 3.05) is 16.8 Å². The molecule has 4 heterocycles. The highest BCUT2D eigenvalue weighted by atomic mass is 19.1. The predicted octanol–water partition coefficient (Wildman–Crippen LogP) is 4.13. The fourth-order valence-electron chi connectivity index (χ4n) is 4.21. The van der Waals surface area contributed by atoms with E-state index < -0.39 is 11.6 Å². The molecule has 0 spiro atoms. The average Bonchev–Trinajstić information content (AvgIpc) is 3.18. The number of nitrogens with zero attached hydrogens (tertiary/aromatic N) is 5. The summed E-state index contributed by atoms with van der Waals surface area (Å²) >= 11 is 0. The van der Waals surface area contributed by atoms with Crippen molar-refractivity contribution in [3.05, 3.63) is 66.6 Å². The molecule has 5 rings (SSSR count). The van der Waals surface area contributed by atoms with E-state index in [1.807, 2.05) is 6.07 Å². The number of piperidine rings is 1. The standard InChI is InChI=1S/C23H23F2N7/c1-14-18(26)6-3-11-31(14)21-9-10-27-13-20(21)29-23-28-12-15-7-8-19(30-32(15)23)22-16(24)4-2-5-17(22)25/h2,4-5,7-10,12-14,18H,3,6,11,26H2,1H3,(H,28,29)/t14-,18-/m1/s1. The minimum Gasteiger partial charge on any atom is -0.365 e. The summed E-state index contributed by atoms with van der Waals surface area (Å²) in [6, 6.07) is 9.27. The van der Waals surface area contributed by atoms with Gasteiger partial charge in [0.2, 0.25) is 5.95 Å². The van der Waals surface area contributed by atoms with E-state index in [0.29, 0.717) is 11.5 Å². The first-order valence-electron chi connectivity index (χ1n) is 10.6. The van der Waals surface area contributed by atoms with Gasteiger partial charge in [0.1, 0.15) is 11.6 Å². The highest BCUT2D eigenvalue weighted by Gasteiger charge is 2.27. The van der Waals surface area contributed by atoms with Crippen LogP contribution in [0.5, 0.6) is 0 Å². The average molecular weight is 435 g/mol. The van der Waals surface area contributed by atoms with Crippen LogP contribution in [-0.4, -0.2) is 38.2 Å². The van der Waals surface area contributed by atoms with Crippen molar-refractivity contribution >= 4 is 22.8 Å². The lowest BCUT2D eigenvalue weighted by Gasteiger charge is -2.40. The molecule has 1 fully saturated rings. The molecule has 3 aromatic heterocycles. The van der Waals surface area contributed by atoms with Crippen molar-refractivity contribution in [2.24, 2.45) is 5.73 Å². The molecule has 3 N–H and O–H groups in total. The van der Waals surface area contributed by atoms with E-state index >= 15 is 0 Å². The SMILES string of the molecule is C[C@@H]1[C@H](N)CCCN1c1ccncc1Nc1ncc2ccc(-c3c(F)cccc3F)nn12. The summed E-state index contributed by atoms with van der Waals surface area (Å²) in [5, 5.41) is 7.74. The second kappa shape index (κ2) is 8.16. The number of anilines is 3. The van der Waals surface area contributed by atoms with Crippen LogP contribution < -0.4 is 16.0 Å². The zero-order valence-electron chi connectivity index (χ0n) is 17.5. The van der Waals surface area contributed by atoms with Gasteiger partial charge in [-0.2, -0.15) is 9.61 Å². The summed E-state index contributed by atoms with van der Waals surface area (Å²) < 4.78 is 30.1. The number of nitrogens with one attached hydrogen (secondary N) is 1. The minimum absolute atomic E-state index is 0.0944. The Balaban J connectivity index is 1.53. The highest BCUT2D eigenvalue weighted by molar-refractivity contribution is 5.74. The Morgan fingerprint density at radius 2 is 1.91 bits per heavy atom. The first kappa shape index (κ1) is 20.3. The Bertz CT molecular complexity index is 1250. The van der Waals surface area contributed by atoms with Gasteiger partial charge >= 0.3 is 0 Å². The first-order chi connectivity index (χ1) is 15.5. The predicted molar refractivity (Wildman–Crippen MR) is 120 cm³/mol. The lowest BCUT2D eigenvalue weighted by atomic mass is 9.97. The molecule has 1 aromatic carbocycles. The normalized spacial score (nSPS) is 18.8. The highest BCUT2D eigenvalue weighted by Crippen LogP contribution is 2.32. The lowest BCUT2D eigenvalue weighted by Crippen LogP contribution is -2.50. The molecule has 0 aliphatic carbocycles. The fraction of sp³-hybridized carbons (Fsp3) is 0.261. The molecule has 0 radical (unpaired) electrons. The number of hydrogen-bond donors (Lipinski definition) is 2. The number of fused-ring (bicyclic) bond motifs is 1. The van der Waals surface area contributed by atoms with Crippen LogP contribution in [0.3, 0.4) is 0 Å². The van der Waals surface area contributed by atoms with Crippen LogP contribution in [-0.2, 0) is 0 Å². The molecule has 0 amide bonds. The molecule has 9 heteroatoms. The van der Waals surface area contributed by atoms with Crippen LogP contribution >= 0.6 is 0 Å². The number of aromatic nitrogens is 4. The largest absolute Gasteiger partial charge is 0.365 e. The molecule has 1 aliphatic heterocycles. The van der Waals surface area contributed by atoms with Crippen molar-refractivity contribution in [1.82, 2.24) is 19.6 Å². The van der Waals surface area contributed by atoms with E-state index in [-0.39, 0.29) is 23.3 Å². The van der Waals surface area contributed by atoms with Gasteiger partial charge in [0.25, 0.3) is 0 Å². The molecule has 2 atom stereocenters.